The third-order valence-corrected chi connectivity index (χ3v) is 7.56. The molecule has 9 heteroatoms. The number of hydrogen-bond acceptors (Lipinski definition) is 6. The normalized spacial score (nSPS) is 14.2. The van der Waals surface area contributed by atoms with E-state index in [9.17, 15) is 4.39 Å². The molecule has 0 radical (unpaired) electrons. The lowest BCUT2D eigenvalue weighted by Gasteiger charge is -2.26. The Morgan fingerprint density at radius 1 is 0.975 bits per heavy atom. The van der Waals surface area contributed by atoms with E-state index in [1.165, 1.54) is 44.1 Å². The first kappa shape index (κ1) is 24.4. The number of halogens is 1. The van der Waals surface area contributed by atoms with Gasteiger partial charge in [-0.1, -0.05) is 6.42 Å². The molecule has 5 aromatic heterocycles. The molecule has 0 aliphatic carbocycles. The lowest BCUT2D eigenvalue weighted by Crippen LogP contribution is -2.29. The van der Waals surface area contributed by atoms with Crippen LogP contribution in [0.25, 0.3) is 55.8 Å². The predicted molar refractivity (Wildman–Crippen MR) is 153 cm³/mol. The first-order valence-electron chi connectivity index (χ1n) is 13.5. The third-order valence-electron chi connectivity index (χ3n) is 7.56. The number of pyridine rings is 3. The summed E-state index contributed by atoms with van der Waals surface area (Å²) in [6.45, 7) is 3.18. The molecule has 1 saturated heterocycles. The maximum Gasteiger partial charge on any atom is 0.138 e. The molecule has 1 aromatic carbocycles. The van der Waals surface area contributed by atoms with Crippen LogP contribution in [0.1, 0.15) is 24.8 Å². The van der Waals surface area contributed by atoms with Crippen molar-refractivity contribution in [3.8, 4) is 39.5 Å². The molecule has 6 heterocycles. The summed E-state index contributed by atoms with van der Waals surface area (Å²) in [7, 11) is 1.53. The van der Waals surface area contributed by atoms with Gasteiger partial charge in [-0.3, -0.25) is 15.0 Å². The van der Waals surface area contributed by atoms with Crippen LogP contribution in [0.4, 0.5) is 4.39 Å². The van der Waals surface area contributed by atoms with Gasteiger partial charge in [-0.2, -0.15) is 5.10 Å². The third kappa shape index (κ3) is 4.58. The molecule has 40 heavy (non-hydrogen) atoms. The van der Waals surface area contributed by atoms with Gasteiger partial charge in [0.1, 0.15) is 28.4 Å². The molecule has 6 aromatic rings. The van der Waals surface area contributed by atoms with E-state index in [4.69, 9.17) is 9.72 Å². The van der Waals surface area contributed by atoms with Crippen molar-refractivity contribution in [3.05, 3.63) is 78.5 Å². The molecule has 0 amide bonds. The summed E-state index contributed by atoms with van der Waals surface area (Å²) in [6, 6.07) is 14.7. The summed E-state index contributed by atoms with van der Waals surface area (Å²) in [5, 5.41) is 8.54. The Morgan fingerprint density at radius 2 is 1.88 bits per heavy atom. The zero-order chi connectivity index (χ0) is 27.1. The van der Waals surface area contributed by atoms with Gasteiger partial charge in [0.05, 0.1) is 24.0 Å². The van der Waals surface area contributed by atoms with E-state index in [0.717, 1.165) is 58.6 Å². The summed E-state index contributed by atoms with van der Waals surface area (Å²) < 4.78 is 19.6. The van der Waals surface area contributed by atoms with Crippen molar-refractivity contribution < 1.29 is 9.13 Å². The van der Waals surface area contributed by atoms with Crippen molar-refractivity contribution in [1.29, 1.82) is 0 Å². The molecule has 2 N–H and O–H groups in total. The lowest BCUT2D eigenvalue weighted by molar-refractivity contribution is 0.220. The van der Waals surface area contributed by atoms with Crippen LogP contribution in [-0.2, 0) is 6.54 Å². The number of likely N-dealkylation sites (tertiary alicyclic amines) is 1. The van der Waals surface area contributed by atoms with Crippen LogP contribution in [0.15, 0.2) is 67.1 Å². The fourth-order valence-electron chi connectivity index (χ4n) is 5.58. The number of ether oxygens (including phenoxy) is 1. The molecule has 1 fully saturated rings. The maximum atomic E-state index is 14.3. The molecule has 200 valence electrons. The van der Waals surface area contributed by atoms with Gasteiger partial charge >= 0.3 is 0 Å². The Kier molecular flexibility index (Phi) is 6.20. The molecule has 0 saturated carbocycles. The molecule has 0 atom stereocenters. The SMILES string of the molecule is COc1cc(F)cc(-c2ccnc3[nH]c(-c4n[nH]c5ccc(-c6cncc(CN7CCCCC7)c6)nc45)cc23)c1. The maximum absolute atomic E-state index is 14.3. The van der Waals surface area contributed by atoms with E-state index >= 15 is 0 Å². The largest absolute Gasteiger partial charge is 0.497 e. The van der Waals surface area contributed by atoms with E-state index < -0.39 is 0 Å². The summed E-state index contributed by atoms with van der Waals surface area (Å²) in [5.74, 6) is 0.0971. The molecule has 0 bridgehead atoms. The molecular weight excluding hydrogens is 505 g/mol. The minimum absolute atomic E-state index is 0.361. The first-order valence-corrected chi connectivity index (χ1v) is 13.5. The van der Waals surface area contributed by atoms with Crippen molar-refractivity contribution in [2.45, 2.75) is 25.8 Å². The van der Waals surface area contributed by atoms with Gasteiger partial charge in [0.2, 0.25) is 0 Å². The number of H-pyrrole nitrogens is 2. The quantitative estimate of drug-likeness (QED) is 0.259. The Balaban J connectivity index is 1.26. The molecule has 0 spiro atoms. The average Bonchev–Trinajstić information content (AvgIpc) is 3.61. The number of aromatic nitrogens is 6. The number of fused-ring (bicyclic) bond motifs is 2. The number of benzene rings is 1. The predicted octanol–water partition coefficient (Wildman–Crippen LogP) is 6.36. The summed E-state index contributed by atoms with van der Waals surface area (Å²) in [6.07, 6.45) is 9.35. The van der Waals surface area contributed by atoms with Crippen molar-refractivity contribution >= 4 is 22.1 Å². The van der Waals surface area contributed by atoms with Crippen LogP contribution in [-0.4, -0.2) is 55.2 Å². The number of rotatable bonds is 6. The van der Waals surface area contributed by atoms with Crippen LogP contribution < -0.4 is 4.74 Å². The monoisotopic (exact) mass is 533 g/mol. The zero-order valence-electron chi connectivity index (χ0n) is 22.1. The number of nitrogens with one attached hydrogen (secondary N) is 2. The second-order valence-electron chi connectivity index (χ2n) is 10.3. The standard InChI is InChI=1S/C31H28FN7O/c1-40-23-13-20(12-22(32)14-23)24-7-8-34-31-25(24)15-28(36-31)30-29-27(37-38-30)6-5-26(35-29)21-11-19(16-33-17-21)18-39-9-3-2-4-10-39/h5-8,11-17H,2-4,9-10,18H2,1H3,(H,34,36)(H,37,38). The highest BCUT2D eigenvalue weighted by Gasteiger charge is 2.17. The van der Waals surface area contributed by atoms with E-state index in [0.29, 0.717) is 22.7 Å². The Hall–Kier alpha value is -4.63. The van der Waals surface area contributed by atoms with E-state index in [1.54, 1.807) is 6.20 Å². The highest BCUT2D eigenvalue weighted by atomic mass is 19.1. The lowest BCUT2D eigenvalue weighted by atomic mass is 10.0. The van der Waals surface area contributed by atoms with Crippen LogP contribution in [0.5, 0.6) is 5.75 Å². The van der Waals surface area contributed by atoms with Gasteiger partial charge in [-0.25, -0.2) is 14.4 Å². The molecule has 0 unspecified atom stereocenters. The topological polar surface area (TPSA) is 95.6 Å². The van der Waals surface area contributed by atoms with Crippen LogP contribution >= 0.6 is 0 Å². The Bertz CT molecular complexity index is 1840. The van der Waals surface area contributed by atoms with Gasteiger partial charge in [0.15, 0.2) is 0 Å². The van der Waals surface area contributed by atoms with Crippen LogP contribution in [0, 0.1) is 5.82 Å². The minimum Gasteiger partial charge on any atom is -0.497 e. The molecule has 7 rings (SSSR count). The van der Waals surface area contributed by atoms with Crippen molar-refractivity contribution in [2.75, 3.05) is 20.2 Å². The average molecular weight is 534 g/mol. The van der Waals surface area contributed by atoms with Gasteiger partial charge in [-0.15, -0.1) is 0 Å². The zero-order valence-corrected chi connectivity index (χ0v) is 22.1. The number of piperidine rings is 1. The van der Waals surface area contributed by atoms with Gasteiger partial charge in [0.25, 0.3) is 0 Å². The number of aromatic amines is 2. The van der Waals surface area contributed by atoms with Gasteiger partial charge < -0.3 is 9.72 Å². The van der Waals surface area contributed by atoms with E-state index in [1.807, 2.05) is 42.7 Å². The van der Waals surface area contributed by atoms with Crippen LogP contribution in [0.2, 0.25) is 0 Å². The highest BCUT2D eigenvalue weighted by molar-refractivity contribution is 5.99. The molecule has 1 aliphatic heterocycles. The number of hydrogen-bond donors (Lipinski definition) is 2. The van der Waals surface area contributed by atoms with Crippen molar-refractivity contribution in [1.82, 2.24) is 35.0 Å². The fourth-order valence-corrected chi connectivity index (χ4v) is 5.58. The number of nitrogens with zero attached hydrogens (tertiary/aromatic N) is 5. The first-order chi connectivity index (χ1) is 19.6. The Labute approximate surface area is 230 Å². The minimum atomic E-state index is -0.361. The Morgan fingerprint density at radius 3 is 2.75 bits per heavy atom. The molecular formula is C31H28FN7O. The molecule has 8 nitrogen and oxygen atoms in total. The fraction of sp³-hybridized carbons (Fsp3) is 0.226. The summed E-state index contributed by atoms with van der Waals surface area (Å²) in [4.78, 5) is 19.9. The number of methoxy groups -OCH3 is 1. The summed E-state index contributed by atoms with van der Waals surface area (Å²) in [5.41, 5.74) is 8.27. The summed E-state index contributed by atoms with van der Waals surface area (Å²) >= 11 is 0. The van der Waals surface area contributed by atoms with Crippen molar-refractivity contribution in [3.63, 3.8) is 0 Å². The van der Waals surface area contributed by atoms with Crippen LogP contribution in [0.3, 0.4) is 0 Å². The highest BCUT2D eigenvalue weighted by Crippen LogP contribution is 2.35. The van der Waals surface area contributed by atoms with Crippen molar-refractivity contribution in [2.24, 2.45) is 0 Å². The second kappa shape index (κ2) is 10.2. The smallest absolute Gasteiger partial charge is 0.138 e. The van der Waals surface area contributed by atoms with Gasteiger partial charge in [0, 0.05) is 42.2 Å². The van der Waals surface area contributed by atoms with E-state index in [2.05, 4.69) is 36.1 Å². The second-order valence-corrected chi connectivity index (χ2v) is 10.3. The van der Waals surface area contributed by atoms with Gasteiger partial charge in [-0.05, 0) is 85.1 Å². The molecule has 1 aliphatic rings. The van der Waals surface area contributed by atoms with E-state index in [-0.39, 0.29) is 5.82 Å².